The number of nitriles is 1. The number of hydrogen-bond acceptors (Lipinski definition) is 5. The Bertz CT molecular complexity index is 866. The number of carbonyl (C=O) groups excluding carboxylic acids is 1. The summed E-state index contributed by atoms with van der Waals surface area (Å²) in [4.78, 5) is 13.6. The third kappa shape index (κ3) is 4.16. The molecule has 0 spiro atoms. The molecule has 0 aliphatic carbocycles. The molecule has 2 rings (SSSR count). The number of nitrogens with one attached hydrogen (secondary N) is 1. The van der Waals surface area contributed by atoms with Crippen LogP contribution in [0.3, 0.4) is 0 Å². The number of sulfonamides is 1. The average Bonchev–Trinajstić information content (AvgIpc) is 2.82. The van der Waals surface area contributed by atoms with Crippen molar-refractivity contribution in [2.45, 2.75) is 18.2 Å². The molecule has 0 saturated heterocycles. The number of halogens is 1. The van der Waals surface area contributed by atoms with Gasteiger partial charge in [0.1, 0.15) is 0 Å². The van der Waals surface area contributed by atoms with Crippen molar-refractivity contribution in [3.8, 4) is 6.07 Å². The molecule has 8 heteroatoms. The topological polar surface area (TPSA) is 87.0 Å². The average molecular weight is 399 g/mol. The molecular weight excluding hydrogens is 388 g/mol. The van der Waals surface area contributed by atoms with Crippen molar-refractivity contribution in [1.82, 2.24) is 4.72 Å². The van der Waals surface area contributed by atoms with Crippen LogP contribution in [0.2, 0.25) is 0 Å². The lowest BCUT2D eigenvalue weighted by molar-refractivity contribution is -0.118. The molecule has 0 saturated carbocycles. The van der Waals surface area contributed by atoms with Gasteiger partial charge in [-0.1, -0.05) is 15.9 Å². The summed E-state index contributed by atoms with van der Waals surface area (Å²) in [6, 6.07) is 9.58. The van der Waals surface area contributed by atoms with Crippen LogP contribution in [0, 0.1) is 18.3 Å². The van der Waals surface area contributed by atoms with Gasteiger partial charge in [-0.25, -0.2) is 13.1 Å². The van der Waals surface area contributed by atoms with Crippen molar-refractivity contribution in [2.24, 2.45) is 0 Å². The highest BCUT2D eigenvalue weighted by Gasteiger charge is 2.19. The minimum atomic E-state index is -4.00. The van der Waals surface area contributed by atoms with E-state index < -0.39 is 15.9 Å². The minimum absolute atomic E-state index is 0.00313. The summed E-state index contributed by atoms with van der Waals surface area (Å²) in [5.41, 5.74) is 0.191. The summed E-state index contributed by atoms with van der Waals surface area (Å²) >= 11 is 4.58. The molecule has 1 amide bonds. The maximum absolute atomic E-state index is 12.2. The van der Waals surface area contributed by atoms with Crippen LogP contribution in [0.5, 0.6) is 0 Å². The van der Waals surface area contributed by atoms with Crippen molar-refractivity contribution in [1.29, 1.82) is 5.26 Å². The Balaban J connectivity index is 2.19. The fourth-order valence-electron chi connectivity index (χ4n) is 1.77. The minimum Gasteiger partial charge on any atom is -0.274 e. The Morgan fingerprint density at radius 2 is 2.09 bits per heavy atom. The number of benzene rings is 1. The van der Waals surface area contributed by atoms with Crippen molar-refractivity contribution in [2.75, 3.05) is 0 Å². The van der Waals surface area contributed by atoms with Gasteiger partial charge in [-0.2, -0.15) is 5.26 Å². The van der Waals surface area contributed by atoms with Crippen molar-refractivity contribution < 1.29 is 13.2 Å². The third-order valence-electron chi connectivity index (χ3n) is 2.69. The normalized spacial score (nSPS) is 11.0. The molecule has 0 radical (unpaired) electrons. The molecule has 0 unspecified atom stereocenters. The molecule has 1 aromatic carbocycles. The fourth-order valence-corrected chi connectivity index (χ4v) is 4.35. The Morgan fingerprint density at radius 1 is 1.36 bits per heavy atom. The summed E-state index contributed by atoms with van der Waals surface area (Å²) in [6.07, 6.45) is -0.00313. The van der Waals surface area contributed by atoms with E-state index in [4.69, 9.17) is 5.26 Å². The smallest absolute Gasteiger partial charge is 0.264 e. The molecular formula is C14H11BrN2O3S2. The zero-order valence-electron chi connectivity index (χ0n) is 11.5. The number of carbonyl (C=O) groups is 1. The molecule has 0 fully saturated rings. The van der Waals surface area contributed by atoms with Gasteiger partial charge in [0.05, 0.1) is 22.9 Å². The molecule has 0 aliphatic heterocycles. The van der Waals surface area contributed by atoms with Gasteiger partial charge < -0.3 is 0 Å². The van der Waals surface area contributed by atoms with Gasteiger partial charge >= 0.3 is 0 Å². The van der Waals surface area contributed by atoms with Crippen LogP contribution >= 0.6 is 27.3 Å². The Labute approximate surface area is 140 Å². The van der Waals surface area contributed by atoms with Crippen molar-refractivity contribution >= 4 is 43.2 Å². The summed E-state index contributed by atoms with van der Waals surface area (Å²) in [5.74, 6) is -0.611. The number of nitrogens with zero attached hydrogens (tertiary/aromatic N) is 1. The van der Waals surface area contributed by atoms with E-state index in [2.05, 4.69) is 15.9 Å². The van der Waals surface area contributed by atoms with Gasteiger partial charge in [-0.15, -0.1) is 11.3 Å². The molecule has 1 aromatic heterocycles. The molecule has 0 bridgehead atoms. The first-order valence-corrected chi connectivity index (χ1v) is 9.21. The van der Waals surface area contributed by atoms with Gasteiger partial charge in [0, 0.05) is 14.2 Å². The molecule has 22 heavy (non-hydrogen) atoms. The van der Waals surface area contributed by atoms with Crippen LogP contribution in [0.15, 0.2) is 39.7 Å². The number of aryl methyl sites for hydroxylation is 1. The zero-order valence-corrected chi connectivity index (χ0v) is 14.7. The van der Waals surface area contributed by atoms with Gasteiger partial charge in [-0.05, 0) is 37.3 Å². The van der Waals surface area contributed by atoms with E-state index in [9.17, 15) is 13.2 Å². The summed E-state index contributed by atoms with van der Waals surface area (Å²) in [5, 5.41) is 8.88. The summed E-state index contributed by atoms with van der Waals surface area (Å²) in [6.45, 7) is 1.91. The highest BCUT2D eigenvalue weighted by Crippen LogP contribution is 2.20. The van der Waals surface area contributed by atoms with Gasteiger partial charge in [0.25, 0.3) is 10.0 Å². The van der Waals surface area contributed by atoms with Crippen LogP contribution in [-0.2, 0) is 21.2 Å². The van der Waals surface area contributed by atoms with Crippen LogP contribution < -0.4 is 4.72 Å². The van der Waals surface area contributed by atoms with Gasteiger partial charge in [0.2, 0.25) is 5.91 Å². The van der Waals surface area contributed by atoms with E-state index in [1.54, 1.807) is 6.07 Å². The number of rotatable bonds is 4. The lowest BCUT2D eigenvalue weighted by atomic mass is 10.2. The van der Waals surface area contributed by atoms with Gasteiger partial charge in [0.15, 0.2) is 0 Å². The first kappa shape index (κ1) is 16.7. The molecule has 1 heterocycles. The monoisotopic (exact) mass is 398 g/mol. The molecule has 2 aromatic rings. The lowest BCUT2D eigenvalue weighted by Gasteiger charge is -2.07. The fraction of sp³-hybridized carbons (Fsp3) is 0.143. The van der Waals surface area contributed by atoms with E-state index in [0.29, 0.717) is 4.47 Å². The van der Waals surface area contributed by atoms with E-state index in [-0.39, 0.29) is 16.9 Å². The number of hydrogen-bond donors (Lipinski definition) is 1. The van der Waals surface area contributed by atoms with E-state index in [0.717, 1.165) is 9.75 Å². The second kappa shape index (κ2) is 6.60. The second-order valence-electron chi connectivity index (χ2n) is 4.51. The van der Waals surface area contributed by atoms with Gasteiger partial charge in [-0.3, -0.25) is 4.79 Å². The first-order valence-electron chi connectivity index (χ1n) is 6.12. The Morgan fingerprint density at radius 3 is 2.68 bits per heavy atom. The SMILES string of the molecule is Cc1ccc(CC(=O)NS(=O)(=O)c2cc(Br)cc(C#N)c2)s1. The first-order chi connectivity index (χ1) is 10.3. The van der Waals surface area contributed by atoms with Crippen LogP contribution in [0.25, 0.3) is 0 Å². The molecule has 114 valence electrons. The number of thiophene rings is 1. The maximum Gasteiger partial charge on any atom is 0.264 e. The van der Waals surface area contributed by atoms with Crippen LogP contribution in [-0.4, -0.2) is 14.3 Å². The van der Waals surface area contributed by atoms with E-state index in [1.807, 2.05) is 23.8 Å². The predicted octanol–water partition coefficient (Wildman–Crippen LogP) is 2.74. The second-order valence-corrected chi connectivity index (χ2v) is 8.48. The summed E-state index contributed by atoms with van der Waals surface area (Å²) < 4.78 is 26.9. The Kier molecular flexibility index (Phi) is 5.01. The highest BCUT2D eigenvalue weighted by molar-refractivity contribution is 9.10. The van der Waals surface area contributed by atoms with Crippen molar-refractivity contribution in [3.63, 3.8) is 0 Å². The highest BCUT2D eigenvalue weighted by atomic mass is 79.9. The Hall–Kier alpha value is -1.69. The van der Waals surface area contributed by atoms with Crippen LogP contribution in [0.4, 0.5) is 0 Å². The lowest BCUT2D eigenvalue weighted by Crippen LogP contribution is -2.31. The zero-order chi connectivity index (χ0) is 16.3. The predicted molar refractivity (Wildman–Crippen MR) is 86.9 cm³/mol. The van der Waals surface area contributed by atoms with E-state index in [1.165, 1.54) is 29.5 Å². The number of amides is 1. The third-order valence-corrected chi connectivity index (χ3v) is 5.50. The van der Waals surface area contributed by atoms with Crippen LogP contribution in [0.1, 0.15) is 15.3 Å². The quantitative estimate of drug-likeness (QED) is 0.857. The van der Waals surface area contributed by atoms with E-state index >= 15 is 0 Å². The standard InChI is InChI=1S/C14H11BrN2O3S2/c1-9-2-3-12(21-9)7-14(18)17-22(19,20)13-5-10(8-16)4-11(15)6-13/h2-6H,7H2,1H3,(H,17,18). The van der Waals surface area contributed by atoms with Crippen molar-refractivity contribution in [3.05, 3.63) is 50.1 Å². The molecule has 1 N–H and O–H groups in total. The summed E-state index contributed by atoms with van der Waals surface area (Å²) in [7, 11) is -4.00. The molecule has 0 atom stereocenters. The molecule has 0 aliphatic rings. The maximum atomic E-state index is 12.2. The largest absolute Gasteiger partial charge is 0.274 e. The molecule has 5 nitrogen and oxygen atoms in total.